The average Bonchev–Trinajstić information content (AvgIpc) is 3.30. The molecule has 4 amide bonds. The predicted molar refractivity (Wildman–Crippen MR) is 142 cm³/mol. The number of amides is 4. The van der Waals surface area contributed by atoms with Crippen molar-refractivity contribution in [3.05, 3.63) is 80.6 Å². The van der Waals surface area contributed by atoms with Crippen LogP contribution in [0, 0.1) is 13.8 Å². The van der Waals surface area contributed by atoms with Crippen LogP contribution in [0.2, 0.25) is 5.02 Å². The molecular formula is C27H22ClF3N4O5. The number of carboxylic acids is 1. The van der Waals surface area contributed by atoms with Crippen LogP contribution in [0.3, 0.4) is 0 Å². The maximum absolute atomic E-state index is 13.1. The molecule has 0 fully saturated rings. The van der Waals surface area contributed by atoms with E-state index in [1.807, 2.05) is 19.2 Å². The largest absolute Gasteiger partial charge is 0.481 e. The number of carbonyl (C=O) groups is 4. The summed E-state index contributed by atoms with van der Waals surface area (Å²) >= 11 is 5.56. The molecule has 0 aliphatic carbocycles. The molecule has 40 heavy (non-hydrogen) atoms. The molecule has 0 radical (unpaired) electrons. The van der Waals surface area contributed by atoms with Gasteiger partial charge in [0.2, 0.25) is 0 Å². The van der Waals surface area contributed by atoms with Crippen molar-refractivity contribution in [3.63, 3.8) is 0 Å². The standard InChI is InChI=1S/C27H22ClF3N4O5/c1-12-16(6-8-23(36)37)13(2)32-21(12)11-18-17-5-4-15(10-22(17)34-25(18)39)33-26(40)35-24(38)14-3-7-20(28)19(9-14)27(29,30)31/h3-5,7,9-11,32H,6,8H2,1-2H3,(H,34,39)(H,36,37)(H2,33,35,38,40)/b18-11-. The molecule has 0 saturated carbocycles. The number of aryl methyl sites for hydroxylation is 1. The van der Waals surface area contributed by atoms with Crippen molar-refractivity contribution in [2.75, 3.05) is 10.6 Å². The fraction of sp³-hybridized carbons (Fsp3) is 0.185. The van der Waals surface area contributed by atoms with Crippen molar-refractivity contribution in [2.24, 2.45) is 0 Å². The third-order valence-corrected chi connectivity index (χ3v) is 6.66. The molecule has 2 aromatic carbocycles. The monoisotopic (exact) mass is 574 g/mol. The molecule has 13 heteroatoms. The van der Waals surface area contributed by atoms with E-state index in [0.29, 0.717) is 35.0 Å². The summed E-state index contributed by atoms with van der Waals surface area (Å²) in [6.45, 7) is 3.66. The lowest BCUT2D eigenvalue weighted by molar-refractivity contribution is -0.138. The minimum Gasteiger partial charge on any atom is -0.481 e. The molecule has 5 N–H and O–H groups in total. The first-order chi connectivity index (χ1) is 18.7. The molecule has 1 aliphatic heterocycles. The predicted octanol–water partition coefficient (Wildman–Crippen LogP) is 5.78. The highest BCUT2D eigenvalue weighted by molar-refractivity contribution is 6.35. The second kappa shape index (κ2) is 10.9. The summed E-state index contributed by atoms with van der Waals surface area (Å²) in [5.74, 6) is -2.38. The number of rotatable bonds is 6. The quantitative estimate of drug-likeness (QED) is 0.238. The number of aromatic nitrogens is 1. The Balaban J connectivity index is 1.49. The zero-order chi connectivity index (χ0) is 29.4. The molecule has 3 aromatic rings. The molecule has 0 bridgehead atoms. The number of hydrogen-bond donors (Lipinski definition) is 5. The van der Waals surface area contributed by atoms with Crippen LogP contribution in [-0.2, 0) is 22.2 Å². The Kier molecular flexibility index (Phi) is 7.74. The van der Waals surface area contributed by atoms with E-state index in [1.165, 1.54) is 12.1 Å². The maximum atomic E-state index is 13.1. The van der Waals surface area contributed by atoms with Crippen molar-refractivity contribution in [1.29, 1.82) is 0 Å². The lowest BCUT2D eigenvalue weighted by Gasteiger charge is -2.11. The van der Waals surface area contributed by atoms with Gasteiger partial charge >= 0.3 is 18.2 Å². The Morgan fingerprint density at radius 3 is 2.50 bits per heavy atom. The minimum atomic E-state index is -4.78. The molecule has 2 heterocycles. The second-order valence-electron chi connectivity index (χ2n) is 9.03. The van der Waals surface area contributed by atoms with E-state index in [9.17, 15) is 32.3 Å². The molecule has 0 spiro atoms. The third-order valence-electron chi connectivity index (χ3n) is 6.33. The lowest BCUT2D eigenvalue weighted by atomic mass is 10.0. The van der Waals surface area contributed by atoms with Crippen LogP contribution in [0.25, 0.3) is 11.6 Å². The Morgan fingerprint density at radius 1 is 1.10 bits per heavy atom. The first-order valence-corrected chi connectivity index (χ1v) is 12.2. The number of fused-ring (bicyclic) bond motifs is 1. The first kappa shape index (κ1) is 28.4. The highest BCUT2D eigenvalue weighted by Gasteiger charge is 2.34. The van der Waals surface area contributed by atoms with E-state index in [0.717, 1.165) is 29.0 Å². The van der Waals surface area contributed by atoms with Gasteiger partial charge in [-0.1, -0.05) is 17.7 Å². The summed E-state index contributed by atoms with van der Waals surface area (Å²) < 4.78 is 39.2. The van der Waals surface area contributed by atoms with Gasteiger partial charge in [0.25, 0.3) is 11.8 Å². The summed E-state index contributed by atoms with van der Waals surface area (Å²) in [6, 6.07) is 6.06. The van der Waals surface area contributed by atoms with Crippen LogP contribution in [0.1, 0.15) is 50.4 Å². The average molecular weight is 575 g/mol. The van der Waals surface area contributed by atoms with Gasteiger partial charge in [-0.15, -0.1) is 0 Å². The highest BCUT2D eigenvalue weighted by atomic mass is 35.5. The lowest BCUT2D eigenvalue weighted by Crippen LogP contribution is -2.34. The molecule has 0 unspecified atom stereocenters. The Hall–Kier alpha value is -4.58. The van der Waals surface area contributed by atoms with Crippen molar-refractivity contribution in [3.8, 4) is 0 Å². The Bertz CT molecular complexity index is 1590. The first-order valence-electron chi connectivity index (χ1n) is 11.8. The van der Waals surface area contributed by atoms with E-state index < -0.39 is 46.1 Å². The number of carbonyl (C=O) groups excluding carboxylic acids is 3. The second-order valence-corrected chi connectivity index (χ2v) is 9.44. The summed E-state index contributed by atoms with van der Waals surface area (Å²) in [5.41, 5.74) is 3.02. The van der Waals surface area contributed by atoms with Crippen molar-refractivity contribution in [2.45, 2.75) is 32.9 Å². The number of aliphatic carboxylic acids is 1. The molecule has 0 saturated heterocycles. The van der Waals surface area contributed by atoms with Crippen LogP contribution in [0.15, 0.2) is 36.4 Å². The van der Waals surface area contributed by atoms with Crippen LogP contribution < -0.4 is 16.0 Å². The number of aromatic amines is 1. The van der Waals surface area contributed by atoms with Gasteiger partial charge in [0, 0.05) is 34.6 Å². The molecule has 208 valence electrons. The van der Waals surface area contributed by atoms with Crippen molar-refractivity contribution < 1.29 is 37.5 Å². The van der Waals surface area contributed by atoms with Gasteiger partial charge in [0.1, 0.15) is 0 Å². The summed E-state index contributed by atoms with van der Waals surface area (Å²) in [7, 11) is 0. The van der Waals surface area contributed by atoms with Gasteiger partial charge in [-0.05, 0) is 67.8 Å². The number of nitrogens with one attached hydrogen (secondary N) is 4. The topological polar surface area (TPSA) is 140 Å². The summed E-state index contributed by atoms with van der Waals surface area (Å²) in [4.78, 5) is 51.5. The number of benzene rings is 2. The number of carboxylic acid groups (broad SMARTS) is 1. The number of H-pyrrole nitrogens is 1. The summed E-state index contributed by atoms with van der Waals surface area (Å²) in [6.07, 6.45) is -2.80. The van der Waals surface area contributed by atoms with Gasteiger partial charge in [-0.25, -0.2) is 4.79 Å². The molecule has 0 atom stereocenters. The van der Waals surface area contributed by atoms with Crippen LogP contribution in [0.4, 0.5) is 29.3 Å². The van der Waals surface area contributed by atoms with Crippen molar-refractivity contribution in [1.82, 2.24) is 10.3 Å². The number of alkyl halides is 3. The minimum absolute atomic E-state index is 0.0257. The molecule has 1 aromatic heterocycles. The normalized spacial score (nSPS) is 13.7. The Labute approximate surface area is 230 Å². The molecular weight excluding hydrogens is 553 g/mol. The molecule has 1 aliphatic rings. The SMILES string of the molecule is Cc1[nH]c(/C=C2\C(=O)Nc3cc(NC(=O)NC(=O)c4ccc(Cl)c(C(F)(F)F)c4)ccc32)c(C)c1CCC(=O)O. The van der Waals surface area contributed by atoms with E-state index in [1.54, 1.807) is 12.1 Å². The van der Waals surface area contributed by atoms with E-state index >= 15 is 0 Å². The zero-order valence-corrected chi connectivity index (χ0v) is 21.8. The van der Waals surface area contributed by atoms with Crippen LogP contribution in [0.5, 0.6) is 0 Å². The van der Waals surface area contributed by atoms with Gasteiger partial charge in [0.05, 0.1) is 21.8 Å². The third kappa shape index (κ3) is 6.01. The van der Waals surface area contributed by atoms with Gasteiger partial charge in [0.15, 0.2) is 0 Å². The van der Waals surface area contributed by atoms with Crippen molar-refractivity contribution >= 4 is 58.4 Å². The van der Waals surface area contributed by atoms with E-state index in [2.05, 4.69) is 15.6 Å². The van der Waals surface area contributed by atoms with Gasteiger partial charge in [-0.2, -0.15) is 13.2 Å². The van der Waals surface area contributed by atoms with E-state index in [-0.39, 0.29) is 12.1 Å². The van der Waals surface area contributed by atoms with E-state index in [4.69, 9.17) is 16.7 Å². The number of halogens is 4. The molecule has 9 nitrogen and oxygen atoms in total. The number of hydrogen-bond acceptors (Lipinski definition) is 4. The van der Waals surface area contributed by atoms with Crippen LogP contribution >= 0.6 is 11.6 Å². The smallest absolute Gasteiger partial charge is 0.417 e. The fourth-order valence-electron chi connectivity index (χ4n) is 4.35. The highest BCUT2D eigenvalue weighted by Crippen LogP contribution is 2.37. The number of imide groups is 1. The molecule has 4 rings (SSSR count). The zero-order valence-electron chi connectivity index (χ0n) is 21.0. The number of anilines is 2. The van der Waals surface area contributed by atoms with Gasteiger partial charge < -0.3 is 20.7 Å². The Morgan fingerprint density at radius 2 is 1.82 bits per heavy atom. The fourth-order valence-corrected chi connectivity index (χ4v) is 4.57. The number of urea groups is 1. The maximum Gasteiger partial charge on any atom is 0.417 e. The van der Waals surface area contributed by atoms with Gasteiger partial charge in [-0.3, -0.25) is 19.7 Å². The summed E-state index contributed by atoms with van der Waals surface area (Å²) in [5, 5.41) is 15.5. The van der Waals surface area contributed by atoms with Crippen LogP contribution in [-0.4, -0.2) is 33.9 Å².